The van der Waals surface area contributed by atoms with Crippen molar-refractivity contribution in [3.05, 3.63) is 24.3 Å². The lowest BCUT2D eigenvalue weighted by molar-refractivity contribution is 0.318. The standard InChI is InChI=1S/C13H20N2O3S/c1-14-9-10-18-12-5-7-13(8-6-12)19(16,17)15-11-3-2-4-11/h5-8,11,14-15H,2-4,9-10H2,1H3. The second-order valence-corrected chi connectivity index (χ2v) is 6.39. The van der Waals surface area contributed by atoms with Crippen LogP contribution < -0.4 is 14.8 Å². The molecule has 1 fully saturated rings. The van der Waals surface area contributed by atoms with Gasteiger partial charge in [0.25, 0.3) is 0 Å². The molecule has 0 radical (unpaired) electrons. The summed E-state index contributed by atoms with van der Waals surface area (Å²) in [6.45, 7) is 1.31. The molecule has 6 heteroatoms. The van der Waals surface area contributed by atoms with Crippen molar-refractivity contribution in [3.8, 4) is 5.75 Å². The van der Waals surface area contributed by atoms with E-state index < -0.39 is 10.0 Å². The first-order valence-corrected chi connectivity index (χ1v) is 8.00. The van der Waals surface area contributed by atoms with E-state index in [1.54, 1.807) is 24.3 Å². The van der Waals surface area contributed by atoms with Gasteiger partial charge < -0.3 is 10.1 Å². The van der Waals surface area contributed by atoms with Crippen molar-refractivity contribution in [3.63, 3.8) is 0 Å². The largest absolute Gasteiger partial charge is 0.492 e. The minimum Gasteiger partial charge on any atom is -0.492 e. The van der Waals surface area contributed by atoms with Crippen molar-refractivity contribution in [2.75, 3.05) is 20.2 Å². The van der Waals surface area contributed by atoms with E-state index in [0.29, 0.717) is 17.3 Å². The first-order chi connectivity index (χ1) is 9.12. The Balaban J connectivity index is 1.96. The predicted octanol–water partition coefficient (Wildman–Crippen LogP) is 1.12. The lowest BCUT2D eigenvalue weighted by Crippen LogP contribution is -2.39. The Labute approximate surface area is 114 Å². The Bertz CT molecular complexity index is 495. The van der Waals surface area contributed by atoms with Crippen molar-refractivity contribution in [1.82, 2.24) is 10.0 Å². The zero-order valence-corrected chi connectivity index (χ0v) is 11.9. The highest BCUT2D eigenvalue weighted by Gasteiger charge is 2.24. The zero-order chi connectivity index (χ0) is 13.7. The Morgan fingerprint density at radius 3 is 2.47 bits per heavy atom. The molecule has 0 aromatic heterocycles. The van der Waals surface area contributed by atoms with E-state index in [0.717, 1.165) is 25.8 Å². The molecule has 0 heterocycles. The maximum atomic E-state index is 12.0. The van der Waals surface area contributed by atoms with E-state index in [4.69, 9.17) is 4.74 Å². The van der Waals surface area contributed by atoms with Gasteiger partial charge in [0.1, 0.15) is 12.4 Å². The third kappa shape index (κ3) is 3.92. The van der Waals surface area contributed by atoms with E-state index in [1.807, 2.05) is 7.05 Å². The summed E-state index contributed by atoms with van der Waals surface area (Å²) in [6, 6.07) is 6.64. The van der Waals surface area contributed by atoms with E-state index in [-0.39, 0.29) is 6.04 Å². The van der Waals surface area contributed by atoms with Crippen LogP contribution in [0.1, 0.15) is 19.3 Å². The van der Waals surface area contributed by atoms with Gasteiger partial charge in [-0.1, -0.05) is 6.42 Å². The third-order valence-electron chi connectivity index (χ3n) is 3.18. The van der Waals surface area contributed by atoms with Crippen LogP contribution in [0.3, 0.4) is 0 Å². The van der Waals surface area contributed by atoms with Crippen molar-refractivity contribution in [2.45, 2.75) is 30.2 Å². The molecular weight excluding hydrogens is 264 g/mol. The lowest BCUT2D eigenvalue weighted by Gasteiger charge is -2.26. The summed E-state index contributed by atoms with van der Waals surface area (Å²) in [5, 5.41) is 2.98. The molecule has 1 aliphatic carbocycles. The van der Waals surface area contributed by atoms with Crippen LogP contribution in [0.5, 0.6) is 5.75 Å². The summed E-state index contributed by atoms with van der Waals surface area (Å²) in [5.41, 5.74) is 0. The SMILES string of the molecule is CNCCOc1ccc(S(=O)(=O)NC2CCC2)cc1. The molecule has 1 aromatic carbocycles. The molecule has 2 N–H and O–H groups in total. The Morgan fingerprint density at radius 2 is 1.95 bits per heavy atom. The summed E-state index contributed by atoms with van der Waals surface area (Å²) >= 11 is 0. The highest BCUT2D eigenvalue weighted by atomic mass is 32.2. The number of rotatable bonds is 7. The molecule has 2 rings (SSSR count). The maximum Gasteiger partial charge on any atom is 0.240 e. The summed E-state index contributed by atoms with van der Waals surface area (Å²) in [5.74, 6) is 0.679. The summed E-state index contributed by atoms with van der Waals surface area (Å²) in [4.78, 5) is 0.292. The number of sulfonamides is 1. The van der Waals surface area contributed by atoms with Crippen LogP contribution in [0.25, 0.3) is 0 Å². The number of hydrogen-bond acceptors (Lipinski definition) is 4. The molecule has 0 aliphatic heterocycles. The van der Waals surface area contributed by atoms with Crippen LogP contribution in [0.2, 0.25) is 0 Å². The fraction of sp³-hybridized carbons (Fsp3) is 0.538. The molecule has 0 amide bonds. The predicted molar refractivity (Wildman–Crippen MR) is 73.8 cm³/mol. The van der Waals surface area contributed by atoms with Gasteiger partial charge in [0, 0.05) is 12.6 Å². The van der Waals surface area contributed by atoms with Gasteiger partial charge in [-0.15, -0.1) is 0 Å². The summed E-state index contributed by atoms with van der Waals surface area (Å²) in [7, 11) is -1.53. The molecule has 0 spiro atoms. The van der Waals surface area contributed by atoms with Gasteiger partial charge in [0.15, 0.2) is 0 Å². The van der Waals surface area contributed by atoms with Crippen molar-refractivity contribution in [2.24, 2.45) is 0 Å². The lowest BCUT2D eigenvalue weighted by atomic mass is 9.94. The first kappa shape index (κ1) is 14.3. The van der Waals surface area contributed by atoms with Gasteiger partial charge in [-0.25, -0.2) is 13.1 Å². The molecule has 1 aliphatic rings. The highest BCUT2D eigenvalue weighted by Crippen LogP contribution is 2.22. The average molecular weight is 284 g/mol. The third-order valence-corrected chi connectivity index (χ3v) is 4.72. The minimum absolute atomic E-state index is 0.108. The summed E-state index contributed by atoms with van der Waals surface area (Å²) in [6.07, 6.45) is 2.97. The Hall–Kier alpha value is -1.11. The van der Waals surface area contributed by atoms with Gasteiger partial charge in [0.2, 0.25) is 10.0 Å². The van der Waals surface area contributed by atoms with E-state index in [9.17, 15) is 8.42 Å². The molecule has 5 nitrogen and oxygen atoms in total. The monoisotopic (exact) mass is 284 g/mol. The molecule has 0 atom stereocenters. The van der Waals surface area contributed by atoms with E-state index >= 15 is 0 Å². The molecular formula is C13H20N2O3S. The molecule has 0 saturated heterocycles. The van der Waals surface area contributed by atoms with Crippen LogP contribution in [-0.4, -0.2) is 34.7 Å². The minimum atomic E-state index is -3.38. The maximum absolute atomic E-state index is 12.0. The quantitative estimate of drug-likeness (QED) is 0.736. The van der Waals surface area contributed by atoms with Gasteiger partial charge >= 0.3 is 0 Å². The van der Waals surface area contributed by atoms with Crippen LogP contribution >= 0.6 is 0 Å². The zero-order valence-electron chi connectivity index (χ0n) is 11.1. The second-order valence-electron chi connectivity index (χ2n) is 4.67. The van der Waals surface area contributed by atoms with Crippen molar-refractivity contribution >= 4 is 10.0 Å². The molecule has 19 heavy (non-hydrogen) atoms. The normalized spacial score (nSPS) is 16.1. The molecule has 1 saturated carbocycles. The first-order valence-electron chi connectivity index (χ1n) is 6.51. The van der Waals surface area contributed by atoms with Crippen molar-refractivity contribution in [1.29, 1.82) is 0 Å². The number of nitrogens with one attached hydrogen (secondary N) is 2. The van der Waals surface area contributed by atoms with E-state index in [2.05, 4.69) is 10.0 Å². The van der Waals surface area contributed by atoms with Gasteiger partial charge in [-0.3, -0.25) is 0 Å². The summed E-state index contributed by atoms with van der Waals surface area (Å²) < 4.78 is 32.2. The van der Waals surface area contributed by atoms with Crippen molar-refractivity contribution < 1.29 is 13.2 Å². The van der Waals surface area contributed by atoms with Crippen LogP contribution in [0, 0.1) is 0 Å². The smallest absolute Gasteiger partial charge is 0.240 e. The molecule has 0 unspecified atom stereocenters. The van der Waals surface area contributed by atoms with Crippen LogP contribution in [-0.2, 0) is 10.0 Å². The van der Waals surface area contributed by atoms with Gasteiger partial charge in [0.05, 0.1) is 4.90 Å². The number of likely N-dealkylation sites (N-methyl/N-ethyl adjacent to an activating group) is 1. The fourth-order valence-electron chi connectivity index (χ4n) is 1.80. The van der Waals surface area contributed by atoms with Gasteiger partial charge in [-0.05, 0) is 44.2 Å². The van der Waals surface area contributed by atoms with Crippen LogP contribution in [0.4, 0.5) is 0 Å². The average Bonchev–Trinajstić information content (AvgIpc) is 2.35. The molecule has 106 valence electrons. The number of hydrogen-bond donors (Lipinski definition) is 2. The number of ether oxygens (including phenoxy) is 1. The fourth-order valence-corrected chi connectivity index (χ4v) is 3.10. The Morgan fingerprint density at radius 1 is 1.26 bits per heavy atom. The van der Waals surface area contributed by atoms with Gasteiger partial charge in [-0.2, -0.15) is 0 Å². The Kier molecular flexibility index (Phi) is 4.79. The highest BCUT2D eigenvalue weighted by molar-refractivity contribution is 7.89. The van der Waals surface area contributed by atoms with Crippen LogP contribution in [0.15, 0.2) is 29.2 Å². The molecule has 0 bridgehead atoms. The van der Waals surface area contributed by atoms with E-state index in [1.165, 1.54) is 0 Å². The number of benzene rings is 1. The molecule has 1 aromatic rings. The topological polar surface area (TPSA) is 67.4 Å². The second kappa shape index (κ2) is 6.36.